The smallest absolute Gasteiger partial charge is 0.255 e. The summed E-state index contributed by atoms with van der Waals surface area (Å²) in [6.45, 7) is 3.84. The number of rotatable bonds is 7. The third-order valence-corrected chi connectivity index (χ3v) is 8.34. The minimum absolute atomic E-state index is 0.0916. The number of hydrogen-bond donors (Lipinski definition) is 0. The second kappa shape index (κ2) is 10.1. The molecule has 0 bridgehead atoms. The first-order chi connectivity index (χ1) is 14.8. The van der Waals surface area contributed by atoms with Crippen LogP contribution in [0, 0.1) is 5.92 Å². The van der Waals surface area contributed by atoms with Crippen LogP contribution in [-0.4, -0.2) is 57.0 Å². The van der Waals surface area contributed by atoms with E-state index in [1.807, 2.05) is 23.3 Å². The Hall–Kier alpha value is -2.03. The molecule has 2 aromatic carbocycles. The first-order valence-corrected chi connectivity index (χ1v) is 13.0. The molecule has 1 amide bonds. The SMILES string of the molecule is COc1ccc(CN(C)S(=O)(=O)c2ccc(SC)c(C(=O)N3CCC(C)CC3)c2)cc1. The van der Waals surface area contributed by atoms with Crippen LogP contribution < -0.4 is 4.74 Å². The van der Waals surface area contributed by atoms with Crippen molar-refractivity contribution < 1.29 is 17.9 Å². The highest BCUT2D eigenvalue weighted by molar-refractivity contribution is 7.98. The lowest BCUT2D eigenvalue weighted by Gasteiger charge is -2.31. The Labute approximate surface area is 189 Å². The first-order valence-electron chi connectivity index (χ1n) is 10.3. The number of thioether (sulfide) groups is 1. The quantitative estimate of drug-likeness (QED) is 0.580. The van der Waals surface area contributed by atoms with Gasteiger partial charge in [-0.05, 0) is 60.9 Å². The number of carbonyl (C=O) groups is 1. The van der Waals surface area contributed by atoms with Gasteiger partial charge < -0.3 is 9.64 Å². The average molecular weight is 463 g/mol. The Morgan fingerprint density at radius 1 is 1.16 bits per heavy atom. The Morgan fingerprint density at radius 3 is 2.39 bits per heavy atom. The van der Waals surface area contributed by atoms with E-state index < -0.39 is 10.0 Å². The standard InChI is InChI=1S/C23H30N2O4S2/c1-17-11-13-25(14-12-17)23(26)21-15-20(9-10-22(21)30-4)31(27,28)24(2)16-18-5-7-19(29-3)8-6-18/h5-10,15,17H,11-14,16H2,1-4H3. The summed E-state index contributed by atoms with van der Waals surface area (Å²) in [6.07, 6.45) is 3.85. The van der Waals surface area contributed by atoms with Gasteiger partial charge in [-0.15, -0.1) is 11.8 Å². The summed E-state index contributed by atoms with van der Waals surface area (Å²) in [5.74, 6) is 1.24. The molecule has 1 aliphatic heterocycles. The third-order valence-electron chi connectivity index (χ3n) is 5.74. The highest BCUT2D eigenvalue weighted by Gasteiger charge is 2.27. The van der Waals surface area contributed by atoms with Crippen LogP contribution in [0.1, 0.15) is 35.7 Å². The molecule has 168 valence electrons. The largest absolute Gasteiger partial charge is 0.497 e. The van der Waals surface area contributed by atoms with Crippen LogP contribution in [0.25, 0.3) is 0 Å². The fourth-order valence-corrected chi connectivity index (χ4v) is 5.41. The maximum absolute atomic E-state index is 13.2. The Morgan fingerprint density at radius 2 is 1.81 bits per heavy atom. The van der Waals surface area contributed by atoms with Gasteiger partial charge in [-0.2, -0.15) is 4.31 Å². The van der Waals surface area contributed by atoms with Crippen molar-refractivity contribution in [2.75, 3.05) is 33.5 Å². The molecule has 6 nitrogen and oxygen atoms in total. The number of hydrogen-bond acceptors (Lipinski definition) is 5. The highest BCUT2D eigenvalue weighted by atomic mass is 32.2. The molecular formula is C23H30N2O4S2. The van der Waals surface area contributed by atoms with E-state index in [-0.39, 0.29) is 17.3 Å². The zero-order valence-corrected chi connectivity index (χ0v) is 20.1. The van der Waals surface area contributed by atoms with E-state index in [1.165, 1.54) is 22.1 Å². The monoisotopic (exact) mass is 462 g/mol. The van der Waals surface area contributed by atoms with Gasteiger partial charge in [0.15, 0.2) is 0 Å². The molecule has 8 heteroatoms. The van der Waals surface area contributed by atoms with Crippen molar-refractivity contribution in [1.82, 2.24) is 9.21 Å². The molecule has 1 fully saturated rings. The second-order valence-corrected chi connectivity index (χ2v) is 10.8. The van der Waals surface area contributed by atoms with E-state index in [4.69, 9.17) is 4.74 Å². The molecule has 0 spiro atoms. The maximum atomic E-state index is 13.2. The number of piperidine rings is 1. The minimum Gasteiger partial charge on any atom is -0.497 e. The van der Waals surface area contributed by atoms with Gasteiger partial charge in [0.2, 0.25) is 10.0 Å². The predicted octanol–water partition coefficient (Wildman–Crippen LogP) is 4.11. The Balaban J connectivity index is 1.84. The van der Waals surface area contributed by atoms with Gasteiger partial charge >= 0.3 is 0 Å². The molecule has 2 aromatic rings. The summed E-state index contributed by atoms with van der Waals surface area (Å²) in [6, 6.07) is 12.1. The third kappa shape index (κ3) is 5.42. The number of benzene rings is 2. The van der Waals surface area contributed by atoms with Gasteiger partial charge in [0, 0.05) is 31.6 Å². The van der Waals surface area contributed by atoms with E-state index in [0.717, 1.165) is 29.1 Å². The molecule has 0 atom stereocenters. The summed E-state index contributed by atoms with van der Waals surface area (Å²) in [4.78, 5) is 15.9. The van der Waals surface area contributed by atoms with Crippen molar-refractivity contribution in [2.24, 2.45) is 5.92 Å². The van der Waals surface area contributed by atoms with Crippen molar-refractivity contribution in [3.63, 3.8) is 0 Å². The molecule has 0 unspecified atom stereocenters. The van der Waals surface area contributed by atoms with Gasteiger partial charge in [-0.3, -0.25) is 4.79 Å². The first kappa shape index (κ1) is 23.6. The van der Waals surface area contributed by atoms with E-state index in [1.54, 1.807) is 38.4 Å². The fraction of sp³-hybridized carbons (Fsp3) is 0.435. The van der Waals surface area contributed by atoms with E-state index >= 15 is 0 Å². The van der Waals surface area contributed by atoms with Crippen LogP contribution in [0.5, 0.6) is 5.75 Å². The number of nitrogens with zero attached hydrogens (tertiary/aromatic N) is 2. The summed E-state index contributed by atoms with van der Waals surface area (Å²) in [5, 5.41) is 0. The van der Waals surface area contributed by atoms with Gasteiger partial charge in [0.05, 0.1) is 17.6 Å². The predicted molar refractivity (Wildman–Crippen MR) is 124 cm³/mol. The van der Waals surface area contributed by atoms with Crippen LogP contribution in [0.3, 0.4) is 0 Å². The Kier molecular flexibility index (Phi) is 7.67. The average Bonchev–Trinajstić information content (AvgIpc) is 2.79. The molecule has 0 saturated carbocycles. The molecule has 31 heavy (non-hydrogen) atoms. The summed E-state index contributed by atoms with van der Waals surface area (Å²) in [5.41, 5.74) is 1.31. The summed E-state index contributed by atoms with van der Waals surface area (Å²) < 4.78 is 32.9. The number of ether oxygens (including phenoxy) is 1. The molecule has 0 aromatic heterocycles. The molecule has 1 aliphatic rings. The molecule has 0 radical (unpaired) electrons. The van der Waals surface area contributed by atoms with Gasteiger partial charge in [-0.25, -0.2) is 8.42 Å². The van der Waals surface area contributed by atoms with E-state index in [0.29, 0.717) is 24.6 Å². The van der Waals surface area contributed by atoms with Gasteiger partial charge in [0.25, 0.3) is 5.91 Å². The number of carbonyl (C=O) groups excluding carboxylic acids is 1. The van der Waals surface area contributed by atoms with Crippen molar-refractivity contribution in [3.8, 4) is 5.75 Å². The van der Waals surface area contributed by atoms with Gasteiger partial charge in [0.1, 0.15) is 5.75 Å². The molecule has 0 aliphatic carbocycles. The minimum atomic E-state index is -3.75. The Bertz CT molecular complexity index is 1010. The fourth-order valence-electron chi connectivity index (χ4n) is 3.65. The normalized spacial score (nSPS) is 15.3. The molecule has 1 heterocycles. The molecule has 0 N–H and O–H groups in total. The van der Waals surface area contributed by atoms with Crippen LogP contribution in [-0.2, 0) is 16.6 Å². The molecule has 1 saturated heterocycles. The lowest BCUT2D eigenvalue weighted by Crippen LogP contribution is -2.38. The van der Waals surface area contributed by atoms with Crippen molar-refractivity contribution >= 4 is 27.7 Å². The highest BCUT2D eigenvalue weighted by Crippen LogP contribution is 2.28. The van der Waals surface area contributed by atoms with Crippen molar-refractivity contribution in [2.45, 2.75) is 36.1 Å². The maximum Gasteiger partial charge on any atom is 0.255 e. The van der Waals surface area contributed by atoms with Gasteiger partial charge in [-0.1, -0.05) is 19.1 Å². The zero-order valence-electron chi connectivity index (χ0n) is 18.5. The van der Waals surface area contributed by atoms with Crippen LogP contribution >= 0.6 is 11.8 Å². The summed E-state index contributed by atoms with van der Waals surface area (Å²) in [7, 11) is -0.610. The number of likely N-dealkylation sites (tertiary alicyclic amines) is 1. The molecular weight excluding hydrogens is 432 g/mol. The lowest BCUT2D eigenvalue weighted by atomic mass is 9.98. The van der Waals surface area contributed by atoms with Crippen LogP contribution in [0.4, 0.5) is 0 Å². The van der Waals surface area contributed by atoms with Crippen LogP contribution in [0.15, 0.2) is 52.3 Å². The lowest BCUT2D eigenvalue weighted by molar-refractivity contribution is 0.0693. The van der Waals surface area contributed by atoms with Crippen molar-refractivity contribution in [3.05, 3.63) is 53.6 Å². The second-order valence-electron chi connectivity index (χ2n) is 7.95. The molecule has 3 rings (SSSR count). The van der Waals surface area contributed by atoms with E-state index in [9.17, 15) is 13.2 Å². The number of sulfonamides is 1. The van der Waals surface area contributed by atoms with Crippen molar-refractivity contribution in [1.29, 1.82) is 0 Å². The zero-order chi connectivity index (χ0) is 22.6. The number of methoxy groups -OCH3 is 1. The van der Waals surface area contributed by atoms with Crippen LogP contribution in [0.2, 0.25) is 0 Å². The number of amides is 1. The topological polar surface area (TPSA) is 66.9 Å². The summed E-state index contributed by atoms with van der Waals surface area (Å²) >= 11 is 1.45. The van der Waals surface area contributed by atoms with E-state index in [2.05, 4.69) is 6.92 Å².